The third-order valence-electron chi connectivity index (χ3n) is 6.67. The highest BCUT2D eigenvalue weighted by atomic mass is 16.5. The van der Waals surface area contributed by atoms with Crippen molar-refractivity contribution in [1.29, 1.82) is 0 Å². The van der Waals surface area contributed by atoms with E-state index >= 15 is 0 Å². The van der Waals surface area contributed by atoms with Crippen molar-refractivity contribution in [3.63, 3.8) is 0 Å². The summed E-state index contributed by atoms with van der Waals surface area (Å²) in [4.78, 5) is 68.4. The average Bonchev–Trinajstić information content (AvgIpc) is 2.93. The van der Waals surface area contributed by atoms with Crippen molar-refractivity contribution in [2.24, 2.45) is 11.3 Å². The Morgan fingerprint density at radius 2 is 1.90 bits per heavy atom. The predicted octanol–water partition coefficient (Wildman–Crippen LogP) is 2.20. The number of nitrogens with one attached hydrogen (secondary N) is 4. The molecule has 0 saturated heterocycles. The molecule has 40 heavy (non-hydrogen) atoms. The average molecular weight is 556 g/mol. The standard InChI is InChI=1S/C28H37N5O7/c1-28(2,3)26(38)33-27-31-22-19(24(36)32-27)14-17(15-29-22)10-9-16-7-6-8-18(13-16)23(35)30-20(25(37)40-5)11-12-21(34)39-4/h6-8,13,17,20H,9-12,14-15H2,1-5H3,(H,30,35)(H3,29,31,32,33,36,38)/t17?,20-/m1/s1. The molecule has 0 saturated carbocycles. The fourth-order valence-electron chi connectivity index (χ4n) is 4.23. The third-order valence-corrected chi connectivity index (χ3v) is 6.67. The van der Waals surface area contributed by atoms with Gasteiger partial charge in [0, 0.05) is 23.9 Å². The summed E-state index contributed by atoms with van der Waals surface area (Å²) in [5.41, 5.74) is 0.923. The van der Waals surface area contributed by atoms with Crippen LogP contribution in [-0.2, 0) is 36.7 Å². The maximum absolute atomic E-state index is 12.9. The van der Waals surface area contributed by atoms with Crippen LogP contribution in [0.1, 0.15) is 61.5 Å². The van der Waals surface area contributed by atoms with E-state index in [1.165, 1.54) is 14.2 Å². The molecule has 0 fully saturated rings. The van der Waals surface area contributed by atoms with Gasteiger partial charge in [-0.05, 0) is 49.3 Å². The molecule has 2 amide bonds. The van der Waals surface area contributed by atoms with Crippen LogP contribution in [0.25, 0.3) is 0 Å². The topological polar surface area (TPSA) is 169 Å². The highest BCUT2D eigenvalue weighted by Crippen LogP contribution is 2.25. The first-order valence-corrected chi connectivity index (χ1v) is 13.1. The quantitative estimate of drug-likeness (QED) is 0.321. The van der Waals surface area contributed by atoms with Gasteiger partial charge in [-0.2, -0.15) is 4.98 Å². The minimum atomic E-state index is -0.984. The van der Waals surface area contributed by atoms with Gasteiger partial charge in [-0.3, -0.25) is 29.5 Å². The van der Waals surface area contributed by atoms with Gasteiger partial charge in [0.2, 0.25) is 11.9 Å². The van der Waals surface area contributed by atoms with Crippen molar-refractivity contribution in [1.82, 2.24) is 15.3 Å². The van der Waals surface area contributed by atoms with E-state index in [4.69, 9.17) is 4.74 Å². The third kappa shape index (κ3) is 8.14. The van der Waals surface area contributed by atoms with E-state index in [1.54, 1.807) is 39.0 Å². The summed E-state index contributed by atoms with van der Waals surface area (Å²) in [6.45, 7) is 5.93. The van der Waals surface area contributed by atoms with E-state index in [9.17, 15) is 24.0 Å². The molecule has 12 nitrogen and oxygen atoms in total. The van der Waals surface area contributed by atoms with Gasteiger partial charge in [-0.1, -0.05) is 32.9 Å². The van der Waals surface area contributed by atoms with Crippen molar-refractivity contribution in [3.05, 3.63) is 51.3 Å². The molecule has 0 radical (unpaired) electrons. The molecule has 2 heterocycles. The number of benzene rings is 1. The van der Waals surface area contributed by atoms with Crippen LogP contribution >= 0.6 is 0 Å². The molecule has 216 valence electrons. The number of carbonyl (C=O) groups is 4. The zero-order valence-corrected chi connectivity index (χ0v) is 23.5. The molecule has 1 aromatic carbocycles. The van der Waals surface area contributed by atoms with Crippen LogP contribution in [0, 0.1) is 11.3 Å². The molecule has 4 N–H and O–H groups in total. The number of nitrogens with zero attached hydrogens (tertiary/aromatic N) is 1. The van der Waals surface area contributed by atoms with Gasteiger partial charge < -0.3 is 20.1 Å². The van der Waals surface area contributed by atoms with E-state index in [0.717, 1.165) is 12.0 Å². The Hall–Kier alpha value is -4.22. The zero-order valence-electron chi connectivity index (χ0n) is 23.5. The molecule has 0 spiro atoms. The van der Waals surface area contributed by atoms with Crippen LogP contribution in [-0.4, -0.2) is 60.5 Å². The lowest BCUT2D eigenvalue weighted by Crippen LogP contribution is -2.41. The molecule has 12 heteroatoms. The zero-order chi connectivity index (χ0) is 29.4. The number of aromatic amines is 1. The molecule has 3 rings (SSSR count). The Balaban J connectivity index is 1.60. The lowest BCUT2D eigenvalue weighted by atomic mass is 9.90. The van der Waals surface area contributed by atoms with E-state index < -0.39 is 29.3 Å². The Bertz CT molecular complexity index is 1310. The van der Waals surface area contributed by atoms with Crippen LogP contribution < -0.4 is 21.5 Å². The first-order valence-electron chi connectivity index (χ1n) is 13.1. The van der Waals surface area contributed by atoms with E-state index in [2.05, 4.69) is 30.7 Å². The predicted molar refractivity (Wildman–Crippen MR) is 148 cm³/mol. The Kier molecular flexibility index (Phi) is 10.0. The maximum Gasteiger partial charge on any atom is 0.328 e. The van der Waals surface area contributed by atoms with Crippen LogP contribution in [0.5, 0.6) is 0 Å². The number of carbonyl (C=O) groups excluding carboxylic acids is 4. The molecular formula is C28H37N5O7. The molecule has 2 atom stereocenters. The number of rotatable bonds is 10. The fraction of sp³-hybridized carbons (Fsp3) is 0.500. The van der Waals surface area contributed by atoms with Crippen LogP contribution in [0.3, 0.4) is 0 Å². The molecular weight excluding hydrogens is 518 g/mol. The number of ether oxygens (including phenoxy) is 2. The maximum atomic E-state index is 12.9. The summed E-state index contributed by atoms with van der Waals surface area (Å²) < 4.78 is 9.36. The number of amides is 2. The number of H-pyrrole nitrogens is 1. The molecule has 1 unspecified atom stereocenters. The SMILES string of the molecule is COC(=O)CC[C@@H](NC(=O)c1cccc(CCC2CNc3nc(NC(=O)C(C)(C)C)[nH]c(=O)c3C2)c1)C(=O)OC. The molecule has 2 aromatic rings. The number of hydrogen-bond donors (Lipinski definition) is 4. The smallest absolute Gasteiger partial charge is 0.328 e. The Morgan fingerprint density at radius 1 is 1.15 bits per heavy atom. The van der Waals surface area contributed by atoms with Crippen LogP contribution in [0.2, 0.25) is 0 Å². The summed E-state index contributed by atoms with van der Waals surface area (Å²) in [6, 6.07) is 6.10. The van der Waals surface area contributed by atoms with Crippen molar-refractivity contribution < 1.29 is 28.7 Å². The summed E-state index contributed by atoms with van der Waals surface area (Å²) in [6.07, 6.45) is 1.96. The highest BCUT2D eigenvalue weighted by molar-refractivity contribution is 5.97. The van der Waals surface area contributed by atoms with Gasteiger partial charge in [0.05, 0.1) is 19.8 Å². The summed E-state index contributed by atoms with van der Waals surface area (Å²) in [5, 5.41) is 8.50. The largest absolute Gasteiger partial charge is 0.469 e. The fourth-order valence-corrected chi connectivity index (χ4v) is 4.23. The molecule has 1 aliphatic rings. The minimum Gasteiger partial charge on any atom is -0.469 e. The van der Waals surface area contributed by atoms with Crippen molar-refractivity contribution >= 4 is 35.5 Å². The first-order chi connectivity index (χ1) is 18.9. The second-order valence-electron chi connectivity index (χ2n) is 10.8. The van der Waals surface area contributed by atoms with Gasteiger partial charge in [-0.15, -0.1) is 0 Å². The molecule has 1 aliphatic heterocycles. The summed E-state index contributed by atoms with van der Waals surface area (Å²) in [5.74, 6) is -1.10. The van der Waals surface area contributed by atoms with Gasteiger partial charge in [0.1, 0.15) is 11.9 Å². The lowest BCUT2D eigenvalue weighted by Gasteiger charge is -2.25. The summed E-state index contributed by atoms with van der Waals surface area (Å²) in [7, 11) is 2.47. The van der Waals surface area contributed by atoms with E-state index in [0.29, 0.717) is 36.3 Å². The Labute approximate surface area is 232 Å². The van der Waals surface area contributed by atoms with Crippen LogP contribution in [0.4, 0.5) is 11.8 Å². The second kappa shape index (κ2) is 13.2. The number of aryl methyl sites for hydroxylation is 1. The lowest BCUT2D eigenvalue weighted by molar-refractivity contribution is -0.144. The van der Waals surface area contributed by atoms with E-state index in [1.807, 2.05) is 6.07 Å². The van der Waals surface area contributed by atoms with Gasteiger partial charge in [0.25, 0.3) is 11.5 Å². The number of esters is 2. The number of aromatic nitrogens is 2. The molecule has 1 aromatic heterocycles. The number of methoxy groups -OCH3 is 2. The first kappa shape index (κ1) is 30.3. The van der Waals surface area contributed by atoms with Crippen molar-refractivity contribution in [2.45, 2.75) is 58.9 Å². The Morgan fingerprint density at radius 3 is 2.58 bits per heavy atom. The van der Waals surface area contributed by atoms with Gasteiger partial charge in [-0.25, -0.2) is 4.79 Å². The highest BCUT2D eigenvalue weighted by Gasteiger charge is 2.26. The molecule has 0 aliphatic carbocycles. The number of hydrogen-bond acceptors (Lipinski definition) is 9. The second-order valence-corrected chi connectivity index (χ2v) is 10.8. The number of fused-ring (bicyclic) bond motifs is 1. The van der Waals surface area contributed by atoms with Gasteiger partial charge in [0.15, 0.2) is 0 Å². The summed E-state index contributed by atoms with van der Waals surface area (Å²) >= 11 is 0. The van der Waals surface area contributed by atoms with Crippen molar-refractivity contribution in [2.75, 3.05) is 31.4 Å². The monoisotopic (exact) mass is 555 g/mol. The van der Waals surface area contributed by atoms with E-state index in [-0.39, 0.29) is 36.2 Å². The van der Waals surface area contributed by atoms with Crippen LogP contribution in [0.15, 0.2) is 29.1 Å². The van der Waals surface area contributed by atoms with Crippen molar-refractivity contribution in [3.8, 4) is 0 Å². The number of anilines is 2. The molecule has 0 bridgehead atoms. The normalized spacial score (nSPS) is 15.2. The van der Waals surface area contributed by atoms with Gasteiger partial charge >= 0.3 is 11.9 Å². The minimum absolute atomic E-state index is 0.0413.